The third kappa shape index (κ3) is 3.29. The zero-order valence-electron chi connectivity index (χ0n) is 17.0. The van der Waals surface area contributed by atoms with Gasteiger partial charge in [0.25, 0.3) is 0 Å². The monoisotopic (exact) mass is 489 g/mol. The Hall–Kier alpha value is -2.88. The van der Waals surface area contributed by atoms with Crippen molar-refractivity contribution in [1.29, 1.82) is 5.26 Å². The van der Waals surface area contributed by atoms with Gasteiger partial charge >= 0.3 is 0 Å². The summed E-state index contributed by atoms with van der Waals surface area (Å²) in [5.41, 5.74) is 5.48. The topological polar surface area (TPSA) is 49.0 Å². The van der Waals surface area contributed by atoms with E-state index < -0.39 is 0 Å². The minimum atomic E-state index is -0.330. The number of ketones is 1. The van der Waals surface area contributed by atoms with Crippen LogP contribution in [0.1, 0.15) is 36.3 Å². The van der Waals surface area contributed by atoms with Crippen LogP contribution in [-0.2, 0) is 4.79 Å². The number of carbonyl (C=O) groups excluding carboxylic acids is 1. The van der Waals surface area contributed by atoms with Crippen LogP contribution in [0.3, 0.4) is 0 Å². The predicted octanol–water partition coefficient (Wildman–Crippen LogP) is 6.62. The molecule has 1 atom stereocenters. The van der Waals surface area contributed by atoms with Gasteiger partial charge in [0, 0.05) is 34.6 Å². The predicted molar refractivity (Wildman–Crippen MR) is 128 cm³/mol. The lowest BCUT2D eigenvalue weighted by Gasteiger charge is -2.41. The quantitative estimate of drug-likeness (QED) is 0.415. The van der Waals surface area contributed by atoms with Gasteiger partial charge in [0.1, 0.15) is 5.82 Å². The molecule has 6 heteroatoms. The maximum absolute atomic E-state index is 13.3. The maximum Gasteiger partial charge on any atom is 0.161 e. The summed E-state index contributed by atoms with van der Waals surface area (Å²) in [4.78, 5) is 15.4. The number of carbonyl (C=O) groups is 1. The highest BCUT2D eigenvalue weighted by molar-refractivity contribution is 9.10. The summed E-state index contributed by atoms with van der Waals surface area (Å²) in [6.45, 7) is 2.06. The number of hydrogen-bond donors (Lipinski definition) is 0. The van der Waals surface area contributed by atoms with E-state index >= 15 is 0 Å². The number of nitrogens with zero attached hydrogens (tertiary/aromatic N) is 3. The van der Waals surface area contributed by atoms with E-state index in [0.29, 0.717) is 12.0 Å². The highest BCUT2D eigenvalue weighted by Crippen LogP contribution is 2.49. The summed E-state index contributed by atoms with van der Waals surface area (Å²) in [5, 5.41) is 14.5. The zero-order chi connectivity index (χ0) is 21.5. The molecule has 31 heavy (non-hydrogen) atoms. The molecule has 0 fully saturated rings. The highest BCUT2D eigenvalue weighted by atomic mass is 79.9. The first-order valence-electron chi connectivity index (χ1n) is 10.2. The Morgan fingerprint density at radius 3 is 2.68 bits per heavy atom. The molecule has 0 bridgehead atoms. The fraction of sp³-hybridized carbons (Fsp3) is 0.200. The van der Waals surface area contributed by atoms with Crippen LogP contribution in [0.2, 0.25) is 0 Å². The van der Waals surface area contributed by atoms with Crippen LogP contribution in [0.5, 0.6) is 0 Å². The summed E-state index contributed by atoms with van der Waals surface area (Å²) < 4.78 is 3.00. The van der Waals surface area contributed by atoms with Gasteiger partial charge in [-0.25, -0.2) is 0 Å². The molecule has 3 heterocycles. The van der Waals surface area contributed by atoms with E-state index in [-0.39, 0.29) is 11.7 Å². The Balaban J connectivity index is 1.86. The van der Waals surface area contributed by atoms with Gasteiger partial charge in [-0.2, -0.15) is 16.6 Å². The van der Waals surface area contributed by atoms with Gasteiger partial charge in [-0.1, -0.05) is 15.9 Å². The molecule has 1 aliphatic carbocycles. The molecule has 0 radical (unpaired) electrons. The van der Waals surface area contributed by atoms with Crippen molar-refractivity contribution in [2.45, 2.75) is 32.1 Å². The molecule has 4 nitrogen and oxygen atoms in total. The smallest absolute Gasteiger partial charge is 0.161 e. The number of aryl methyl sites for hydroxylation is 1. The molecule has 154 valence electrons. The second-order valence-corrected chi connectivity index (χ2v) is 9.53. The first kappa shape index (κ1) is 20.0. The molecular formula is C25H20BrN3OS. The van der Waals surface area contributed by atoms with Crippen molar-refractivity contribution >= 4 is 44.6 Å². The van der Waals surface area contributed by atoms with Gasteiger partial charge < -0.3 is 4.57 Å². The van der Waals surface area contributed by atoms with Gasteiger partial charge in [0.05, 0.1) is 23.2 Å². The Morgan fingerprint density at radius 2 is 2.00 bits per heavy atom. The summed E-state index contributed by atoms with van der Waals surface area (Å²) >= 11 is 5.16. The standard InChI is InChI=1S/C25H20BrN3OS/c1-16-13-18(26)7-8-20(16)29-21-5-4-6-22(30)24(21)23(17-9-12-31-15-17)19(14-27)25(29)28-10-2-3-11-28/h2-3,7-13,15,23H,4-6H2,1H3/t23-/m1/s1. The third-order valence-corrected chi connectivity index (χ3v) is 7.17. The number of nitriles is 1. The number of halogens is 1. The van der Waals surface area contributed by atoms with Crippen molar-refractivity contribution in [3.8, 4) is 6.07 Å². The summed E-state index contributed by atoms with van der Waals surface area (Å²) in [6.07, 6.45) is 6.09. The highest BCUT2D eigenvalue weighted by Gasteiger charge is 2.41. The summed E-state index contributed by atoms with van der Waals surface area (Å²) in [5.74, 6) is 0.627. The molecule has 2 aromatic heterocycles. The minimum absolute atomic E-state index is 0.150. The lowest BCUT2D eigenvalue weighted by Crippen LogP contribution is -2.36. The van der Waals surface area contributed by atoms with Gasteiger partial charge in [-0.15, -0.1) is 0 Å². The number of rotatable bonds is 3. The summed E-state index contributed by atoms with van der Waals surface area (Å²) in [7, 11) is 0. The van der Waals surface area contributed by atoms with Crippen LogP contribution in [0.15, 0.2) is 80.9 Å². The molecule has 0 spiro atoms. The van der Waals surface area contributed by atoms with Crippen LogP contribution < -0.4 is 4.90 Å². The summed E-state index contributed by atoms with van der Waals surface area (Å²) in [6, 6.07) is 14.6. The van der Waals surface area contributed by atoms with Crippen LogP contribution in [-0.4, -0.2) is 10.4 Å². The van der Waals surface area contributed by atoms with E-state index in [1.165, 1.54) is 0 Å². The van der Waals surface area contributed by atoms with Crippen molar-refractivity contribution in [3.63, 3.8) is 0 Å². The van der Waals surface area contributed by atoms with E-state index in [1.807, 2.05) is 46.6 Å². The zero-order valence-corrected chi connectivity index (χ0v) is 19.4. The second kappa shape index (κ2) is 7.99. The van der Waals surface area contributed by atoms with Crippen molar-refractivity contribution in [1.82, 2.24) is 4.57 Å². The van der Waals surface area contributed by atoms with Gasteiger partial charge in [0.2, 0.25) is 0 Å². The molecule has 0 unspecified atom stereocenters. The Kier molecular flexibility index (Phi) is 5.17. The number of aromatic nitrogens is 1. The Morgan fingerprint density at radius 1 is 1.19 bits per heavy atom. The van der Waals surface area contributed by atoms with Crippen molar-refractivity contribution < 1.29 is 4.79 Å². The first-order valence-corrected chi connectivity index (χ1v) is 12.0. The molecule has 0 N–H and O–H groups in total. The Labute approximate surface area is 193 Å². The van der Waals surface area contributed by atoms with Crippen LogP contribution in [0.4, 0.5) is 5.69 Å². The number of Topliss-reactive ketones (excluding diaryl/α,β-unsaturated/α-hetero) is 1. The molecule has 5 rings (SSSR count). The molecule has 0 saturated carbocycles. The van der Waals surface area contributed by atoms with Crippen LogP contribution >= 0.6 is 27.3 Å². The van der Waals surface area contributed by atoms with Crippen LogP contribution in [0, 0.1) is 18.3 Å². The fourth-order valence-electron chi connectivity index (χ4n) is 4.67. The SMILES string of the molecule is Cc1cc(Br)ccc1N1C2=C(C(=O)CCC2)[C@H](c2ccsc2)C(C#N)=C1n1cccc1. The van der Waals surface area contributed by atoms with Crippen molar-refractivity contribution in [3.05, 3.63) is 92.0 Å². The maximum atomic E-state index is 13.3. The number of anilines is 1. The molecule has 1 aromatic carbocycles. The number of thiophene rings is 1. The molecule has 0 amide bonds. The lowest BCUT2D eigenvalue weighted by atomic mass is 9.76. The number of benzene rings is 1. The molecule has 2 aliphatic rings. The normalized spacial score (nSPS) is 18.9. The largest absolute Gasteiger partial charge is 0.309 e. The number of allylic oxidation sites excluding steroid dienone is 3. The lowest BCUT2D eigenvalue weighted by molar-refractivity contribution is -0.116. The number of hydrogen-bond acceptors (Lipinski definition) is 4. The van der Waals surface area contributed by atoms with E-state index in [1.54, 1.807) is 11.3 Å². The third-order valence-electron chi connectivity index (χ3n) is 5.97. The molecule has 1 aliphatic heterocycles. The second-order valence-electron chi connectivity index (χ2n) is 7.83. The molecule has 3 aromatic rings. The fourth-order valence-corrected chi connectivity index (χ4v) is 5.84. The van der Waals surface area contributed by atoms with Crippen LogP contribution in [0.25, 0.3) is 5.82 Å². The van der Waals surface area contributed by atoms with Gasteiger partial charge in [-0.05, 0) is 78.1 Å². The van der Waals surface area contributed by atoms with E-state index in [9.17, 15) is 10.1 Å². The Bertz CT molecular complexity index is 1260. The van der Waals surface area contributed by atoms with Gasteiger partial charge in [-0.3, -0.25) is 9.69 Å². The van der Waals surface area contributed by atoms with E-state index in [2.05, 4.69) is 51.3 Å². The average molecular weight is 490 g/mol. The molecule has 0 saturated heterocycles. The molecular weight excluding hydrogens is 470 g/mol. The average Bonchev–Trinajstić information content (AvgIpc) is 3.47. The van der Waals surface area contributed by atoms with E-state index in [4.69, 9.17) is 0 Å². The first-order chi connectivity index (χ1) is 15.1. The minimum Gasteiger partial charge on any atom is -0.309 e. The van der Waals surface area contributed by atoms with Crippen molar-refractivity contribution in [2.24, 2.45) is 0 Å². The van der Waals surface area contributed by atoms with Gasteiger partial charge in [0.15, 0.2) is 5.78 Å². The van der Waals surface area contributed by atoms with E-state index in [0.717, 1.165) is 51.2 Å². The van der Waals surface area contributed by atoms with Crippen molar-refractivity contribution in [2.75, 3.05) is 4.90 Å².